The third-order valence-electron chi connectivity index (χ3n) is 0.482. The van der Waals surface area contributed by atoms with E-state index in [-0.39, 0.29) is 40.9 Å². The average molecular weight is 303 g/mol. The summed E-state index contributed by atoms with van der Waals surface area (Å²) in [5, 5.41) is 8.04. The van der Waals surface area contributed by atoms with E-state index in [0.717, 1.165) is 0 Å². The van der Waals surface area contributed by atoms with Crippen molar-refractivity contribution in [2.75, 3.05) is 20.3 Å². The van der Waals surface area contributed by atoms with Crippen molar-refractivity contribution in [3.05, 3.63) is 7.43 Å². The van der Waals surface area contributed by atoms with E-state index in [0.29, 0.717) is 0 Å². The summed E-state index contributed by atoms with van der Waals surface area (Å²) in [5.74, 6) is -0.289. The minimum absolute atomic E-state index is 0. The van der Waals surface area contributed by atoms with Gasteiger partial charge in [0.1, 0.15) is 13.2 Å². The molecule has 0 unspecified atom stereocenters. The van der Waals surface area contributed by atoms with Crippen LogP contribution in [0.15, 0.2) is 0 Å². The van der Waals surface area contributed by atoms with Crippen molar-refractivity contribution in [3.63, 3.8) is 0 Å². The first-order chi connectivity index (χ1) is 3.31. The fourth-order valence-corrected chi connectivity index (χ4v) is 0.207. The van der Waals surface area contributed by atoms with Gasteiger partial charge in [-0.15, -0.1) is 0 Å². The molecule has 0 amide bonds. The largest absolute Gasteiger partial charge is 0.388 e. The number of rotatable bonds is 3. The molecule has 0 rings (SSSR count). The summed E-state index contributed by atoms with van der Waals surface area (Å²) in [6.07, 6.45) is 0. The van der Waals surface area contributed by atoms with Crippen LogP contribution in [0, 0.1) is 7.43 Å². The number of ether oxygens (including phenoxy) is 1. The molecule has 0 aromatic heterocycles. The van der Waals surface area contributed by atoms with Crippen LogP contribution in [0.2, 0.25) is 0 Å². The van der Waals surface area contributed by atoms with Crippen LogP contribution in [-0.4, -0.2) is 31.2 Å². The fraction of sp³-hybridized carbons (Fsp3) is 0.600. The van der Waals surface area contributed by atoms with Crippen LogP contribution >= 0.6 is 0 Å². The Kier molecular flexibility index (Phi) is 19.9. The van der Waals surface area contributed by atoms with Crippen LogP contribution in [0.4, 0.5) is 0 Å². The Hall–Kier alpha value is 0.278. The van der Waals surface area contributed by atoms with Crippen LogP contribution in [-0.2, 0) is 30.6 Å². The van der Waals surface area contributed by atoms with Crippen molar-refractivity contribution < 1.29 is 35.7 Å². The number of hydrogen-bond acceptors (Lipinski definition) is 3. The summed E-state index contributed by atoms with van der Waals surface area (Å²) in [6.45, 7) is -0.412. The summed E-state index contributed by atoms with van der Waals surface area (Å²) in [6, 6.07) is 0. The monoisotopic (exact) mass is 303 g/mol. The number of aliphatic hydroxyl groups excluding tert-OH is 1. The normalized spacial score (nSPS) is 6.89. The molecule has 0 heterocycles. The molecule has 3 nitrogen and oxygen atoms in total. The van der Waals surface area contributed by atoms with E-state index in [1.807, 2.05) is 0 Å². The summed E-state index contributed by atoms with van der Waals surface area (Å²) < 4.78 is 4.38. The molecule has 0 aliphatic carbocycles. The van der Waals surface area contributed by atoms with E-state index in [2.05, 4.69) is 4.74 Å². The first-order valence-electron chi connectivity index (χ1n) is 1.92. The maximum absolute atomic E-state index is 10.0. The molecule has 4 heteroatoms. The van der Waals surface area contributed by atoms with Gasteiger partial charge >= 0.3 is 0 Å². The minimum atomic E-state index is -0.423. The molecule has 0 radical (unpaired) electrons. The van der Waals surface area contributed by atoms with Gasteiger partial charge in [0.2, 0.25) is 0 Å². The number of carbonyl (C=O) groups is 1. The average Bonchev–Trinajstić information content (AvgIpc) is 1.68. The van der Waals surface area contributed by atoms with E-state index >= 15 is 0 Å². The summed E-state index contributed by atoms with van der Waals surface area (Å²) in [4.78, 5) is 10.0. The predicted octanol–water partition coefficient (Wildman–Crippen LogP) is -0.358. The van der Waals surface area contributed by atoms with E-state index < -0.39 is 6.61 Å². The van der Waals surface area contributed by atoms with Crippen molar-refractivity contribution in [1.82, 2.24) is 0 Å². The van der Waals surface area contributed by atoms with Crippen LogP contribution in [0.1, 0.15) is 0 Å². The zero-order chi connectivity index (χ0) is 5.70. The van der Waals surface area contributed by atoms with Crippen molar-refractivity contribution >= 4 is 5.78 Å². The van der Waals surface area contributed by atoms with Gasteiger partial charge in [0.15, 0.2) is 5.78 Å². The third kappa shape index (κ3) is 11.7. The number of hydrogen-bond donors (Lipinski definition) is 1. The van der Waals surface area contributed by atoms with Gasteiger partial charge in [-0.1, -0.05) is 0 Å². The van der Waals surface area contributed by atoms with E-state index in [4.69, 9.17) is 5.11 Å². The van der Waals surface area contributed by atoms with Crippen molar-refractivity contribution in [2.24, 2.45) is 0 Å². The van der Waals surface area contributed by atoms with Crippen molar-refractivity contribution in [1.29, 1.82) is 0 Å². The van der Waals surface area contributed by atoms with Gasteiger partial charge < -0.3 is 17.3 Å². The SMILES string of the molecule is COCC(=O)CO.[CH3-].[W]. The Bertz CT molecular complexity index is 65.2. The quantitative estimate of drug-likeness (QED) is 0.725. The van der Waals surface area contributed by atoms with E-state index in [1.54, 1.807) is 0 Å². The Morgan fingerprint density at radius 3 is 2.22 bits per heavy atom. The molecule has 0 aromatic carbocycles. The molecule has 0 atom stereocenters. The van der Waals surface area contributed by atoms with E-state index in [9.17, 15) is 4.79 Å². The smallest absolute Gasteiger partial charge is 0.183 e. The second kappa shape index (κ2) is 11.1. The van der Waals surface area contributed by atoms with Crippen LogP contribution < -0.4 is 0 Å². The first-order valence-corrected chi connectivity index (χ1v) is 1.92. The summed E-state index contributed by atoms with van der Waals surface area (Å²) in [7, 11) is 1.41. The molecule has 0 saturated carbocycles. The predicted molar refractivity (Wildman–Crippen MR) is 30.4 cm³/mol. The second-order valence-corrected chi connectivity index (χ2v) is 1.13. The number of Topliss-reactive ketones (excluding diaryl/α,β-unsaturated/α-hetero) is 1. The number of aliphatic hydroxyl groups is 1. The summed E-state index contributed by atoms with van der Waals surface area (Å²) in [5.41, 5.74) is 0. The van der Waals surface area contributed by atoms with Crippen molar-refractivity contribution in [3.8, 4) is 0 Å². The topological polar surface area (TPSA) is 46.5 Å². The van der Waals surface area contributed by atoms with Gasteiger partial charge in [0, 0.05) is 28.2 Å². The van der Waals surface area contributed by atoms with Gasteiger partial charge in [-0.3, -0.25) is 4.79 Å². The maximum Gasteiger partial charge on any atom is 0.183 e. The van der Waals surface area contributed by atoms with Gasteiger partial charge in [0.05, 0.1) is 0 Å². The maximum atomic E-state index is 10.0. The molecule has 0 aromatic rings. The zero-order valence-electron chi connectivity index (χ0n) is 5.59. The van der Waals surface area contributed by atoms with Gasteiger partial charge in [0.25, 0.3) is 0 Å². The zero-order valence-corrected chi connectivity index (χ0v) is 8.52. The molecule has 0 aliphatic rings. The van der Waals surface area contributed by atoms with Crippen molar-refractivity contribution in [2.45, 2.75) is 0 Å². The minimum Gasteiger partial charge on any atom is -0.388 e. The van der Waals surface area contributed by atoms with Gasteiger partial charge in [-0.05, 0) is 0 Å². The molecule has 0 saturated heterocycles. The Balaban J connectivity index is -0.000000180. The number of ketones is 1. The van der Waals surface area contributed by atoms with Gasteiger partial charge in [-0.2, -0.15) is 0 Å². The summed E-state index contributed by atoms with van der Waals surface area (Å²) >= 11 is 0. The fourth-order valence-electron chi connectivity index (χ4n) is 0.207. The second-order valence-electron chi connectivity index (χ2n) is 1.13. The molecule has 0 spiro atoms. The Morgan fingerprint density at radius 2 is 2.11 bits per heavy atom. The molecule has 0 bridgehead atoms. The van der Waals surface area contributed by atoms with Crippen LogP contribution in [0.5, 0.6) is 0 Å². The van der Waals surface area contributed by atoms with E-state index in [1.165, 1.54) is 7.11 Å². The molecule has 0 fully saturated rings. The molecule has 56 valence electrons. The molecule has 0 aliphatic heterocycles. The van der Waals surface area contributed by atoms with Gasteiger partial charge in [-0.25, -0.2) is 0 Å². The molecule has 9 heavy (non-hydrogen) atoms. The Labute approximate surface area is 69.7 Å². The third-order valence-corrected chi connectivity index (χ3v) is 0.482. The standard InChI is InChI=1S/C4H8O3.CH3.W/c1-7-3-4(6)2-5;;/h5H,2-3H2,1H3;1H3;/q;-1;. The first kappa shape index (κ1) is 16.1. The van der Waals surface area contributed by atoms with Crippen LogP contribution in [0.25, 0.3) is 0 Å². The van der Waals surface area contributed by atoms with Crippen LogP contribution in [0.3, 0.4) is 0 Å². The molecular weight excluding hydrogens is 292 g/mol. The number of methoxy groups -OCH3 is 1. The number of carbonyl (C=O) groups excluding carboxylic acids is 1. The molecular formula is C5H11O3W-. The molecule has 1 N–H and O–H groups in total. The Morgan fingerprint density at radius 1 is 1.67 bits per heavy atom.